The summed E-state index contributed by atoms with van der Waals surface area (Å²) in [4.78, 5) is 29.7. The maximum Gasteiger partial charge on any atom is 0.264 e. The van der Waals surface area contributed by atoms with Crippen molar-refractivity contribution in [1.82, 2.24) is 24.7 Å². The fraction of sp³-hybridized carbons (Fsp3) is 0.458. The van der Waals surface area contributed by atoms with E-state index in [0.717, 1.165) is 79.7 Å². The Morgan fingerprint density at radius 2 is 1.94 bits per heavy atom. The molecular weight excluding hydrogens is 420 g/mol. The highest BCUT2D eigenvalue weighted by Gasteiger charge is 2.23. The third-order valence-electron chi connectivity index (χ3n) is 5.95. The van der Waals surface area contributed by atoms with Crippen molar-refractivity contribution < 1.29 is 4.79 Å². The second kappa shape index (κ2) is 10.8. The lowest BCUT2D eigenvalue weighted by molar-refractivity contribution is 0.0630. The van der Waals surface area contributed by atoms with E-state index in [0.29, 0.717) is 6.54 Å². The number of piperazine rings is 1. The number of para-hydroxylation sites is 1. The Hall–Kier alpha value is -2.55. The lowest BCUT2D eigenvalue weighted by Crippen LogP contribution is -2.48. The van der Waals surface area contributed by atoms with Crippen LogP contribution in [-0.2, 0) is 6.54 Å². The van der Waals surface area contributed by atoms with E-state index in [4.69, 9.17) is 9.97 Å². The zero-order valence-corrected chi connectivity index (χ0v) is 19.8. The van der Waals surface area contributed by atoms with Gasteiger partial charge in [0.15, 0.2) is 0 Å². The van der Waals surface area contributed by atoms with Crippen LogP contribution < -0.4 is 5.32 Å². The number of amides is 1. The minimum atomic E-state index is 0.141. The molecule has 0 aliphatic carbocycles. The quantitative estimate of drug-likeness (QED) is 0.502. The number of nitrogens with one attached hydrogen (secondary N) is 1. The molecule has 2 aromatic heterocycles. The van der Waals surface area contributed by atoms with Gasteiger partial charge in [0.2, 0.25) is 0 Å². The van der Waals surface area contributed by atoms with Crippen molar-refractivity contribution in [3.8, 4) is 0 Å². The molecule has 1 N–H and O–H groups in total. The predicted molar refractivity (Wildman–Crippen MR) is 131 cm³/mol. The van der Waals surface area contributed by atoms with Gasteiger partial charge in [0.05, 0.1) is 16.9 Å². The van der Waals surface area contributed by atoms with Crippen LogP contribution in [-0.4, -0.2) is 83.4 Å². The molecule has 3 heterocycles. The van der Waals surface area contributed by atoms with Crippen LogP contribution in [0.1, 0.15) is 28.8 Å². The van der Waals surface area contributed by atoms with Crippen LogP contribution in [0.3, 0.4) is 0 Å². The fourth-order valence-electron chi connectivity index (χ4n) is 3.91. The predicted octanol–water partition coefficient (Wildman–Crippen LogP) is 3.40. The number of nitrogens with zero attached hydrogens (tertiary/aromatic N) is 5. The Labute approximate surface area is 194 Å². The normalized spacial score (nSPS) is 14.9. The first kappa shape index (κ1) is 22.6. The SMILES string of the molecule is CCN(C)CCCNc1nc(CN2CCN(C(=O)c3cccs3)CC2)nc2ccccc12. The molecule has 0 radical (unpaired) electrons. The second-order valence-electron chi connectivity index (χ2n) is 8.23. The Morgan fingerprint density at radius 3 is 2.69 bits per heavy atom. The molecule has 8 heteroatoms. The summed E-state index contributed by atoms with van der Waals surface area (Å²) in [6, 6.07) is 12.0. The molecule has 170 valence electrons. The Balaban J connectivity index is 1.38. The highest BCUT2D eigenvalue weighted by Crippen LogP contribution is 2.21. The summed E-state index contributed by atoms with van der Waals surface area (Å²) in [5, 5.41) is 6.55. The van der Waals surface area contributed by atoms with E-state index in [1.165, 1.54) is 11.3 Å². The van der Waals surface area contributed by atoms with E-state index in [9.17, 15) is 4.79 Å². The summed E-state index contributed by atoms with van der Waals surface area (Å²) in [5.74, 6) is 1.88. The number of carbonyl (C=O) groups is 1. The molecule has 7 nitrogen and oxygen atoms in total. The summed E-state index contributed by atoms with van der Waals surface area (Å²) < 4.78 is 0. The Kier molecular flexibility index (Phi) is 7.68. The van der Waals surface area contributed by atoms with Gasteiger partial charge >= 0.3 is 0 Å². The van der Waals surface area contributed by atoms with Crippen LogP contribution in [0.4, 0.5) is 5.82 Å². The van der Waals surface area contributed by atoms with Crippen molar-refractivity contribution in [2.75, 3.05) is 58.2 Å². The fourth-order valence-corrected chi connectivity index (χ4v) is 4.60. The van der Waals surface area contributed by atoms with Crippen LogP contribution in [0.5, 0.6) is 0 Å². The van der Waals surface area contributed by atoms with E-state index >= 15 is 0 Å². The number of thiophene rings is 1. The number of carbonyl (C=O) groups excluding carboxylic acids is 1. The van der Waals surface area contributed by atoms with Gasteiger partial charge < -0.3 is 15.1 Å². The van der Waals surface area contributed by atoms with Gasteiger partial charge in [-0.2, -0.15) is 0 Å². The molecule has 1 aliphatic heterocycles. The zero-order chi connectivity index (χ0) is 22.3. The third-order valence-corrected chi connectivity index (χ3v) is 6.81. The van der Waals surface area contributed by atoms with E-state index in [2.05, 4.69) is 35.2 Å². The molecule has 0 spiro atoms. The molecule has 1 aliphatic rings. The van der Waals surface area contributed by atoms with Gasteiger partial charge in [-0.15, -0.1) is 11.3 Å². The van der Waals surface area contributed by atoms with Crippen LogP contribution in [0.25, 0.3) is 10.9 Å². The van der Waals surface area contributed by atoms with Crippen molar-refractivity contribution in [2.45, 2.75) is 19.9 Å². The standard InChI is InChI=1S/C24H32N6OS/c1-3-28(2)12-7-11-25-23-19-8-4-5-9-20(19)26-22(27-23)18-29-13-15-30(16-14-29)24(31)21-10-6-17-32-21/h4-6,8-10,17H,3,7,11-16,18H2,1-2H3,(H,25,26,27). The van der Waals surface area contributed by atoms with Gasteiger partial charge in [-0.25, -0.2) is 9.97 Å². The van der Waals surface area contributed by atoms with Gasteiger partial charge in [-0.1, -0.05) is 25.1 Å². The maximum absolute atomic E-state index is 12.6. The van der Waals surface area contributed by atoms with E-state index in [1.54, 1.807) is 0 Å². The van der Waals surface area contributed by atoms with Gasteiger partial charge in [0.1, 0.15) is 11.6 Å². The van der Waals surface area contributed by atoms with Crippen LogP contribution in [0, 0.1) is 0 Å². The van der Waals surface area contributed by atoms with Crippen LogP contribution >= 0.6 is 11.3 Å². The molecule has 0 bridgehead atoms. The summed E-state index contributed by atoms with van der Waals surface area (Å²) in [6.07, 6.45) is 1.07. The first-order chi connectivity index (χ1) is 15.6. The number of fused-ring (bicyclic) bond motifs is 1. The molecule has 32 heavy (non-hydrogen) atoms. The average molecular weight is 453 g/mol. The number of hydrogen-bond donors (Lipinski definition) is 1. The zero-order valence-electron chi connectivity index (χ0n) is 19.0. The van der Waals surface area contributed by atoms with Crippen molar-refractivity contribution >= 4 is 34.0 Å². The molecule has 1 amide bonds. The first-order valence-corrected chi connectivity index (χ1v) is 12.2. The van der Waals surface area contributed by atoms with Crippen molar-refractivity contribution in [3.05, 3.63) is 52.5 Å². The molecule has 0 atom stereocenters. The lowest BCUT2D eigenvalue weighted by atomic mass is 10.2. The summed E-state index contributed by atoms with van der Waals surface area (Å²) in [5.41, 5.74) is 0.970. The Morgan fingerprint density at radius 1 is 1.12 bits per heavy atom. The number of hydrogen-bond acceptors (Lipinski definition) is 7. The molecule has 1 fully saturated rings. The molecule has 1 saturated heterocycles. The van der Waals surface area contributed by atoms with E-state index in [1.807, 2.05) is 40.6 Å². The lowest BCUT2D eigenvalue weighted by Gasteiger charge is -2.34. The number of anilines is 1. The first-order valence-electron chi connectivity index (χ1n) is 11.4. The molecule has 1 aromatic carbocycles. The largest absolute Gasteiger partial charge is 0.369 e. The van der Waals surface area contributed by atoms with Crippen molar-refractivity contribution in [2.24, 2.45) is 0 Å². The second-order valence-corrected chi connectivity index (χ2v) is 9.18. The maximum atomic E-state index is 12.6. The highest BCUT2D eigenvalue weighted by molar-refractivity contribution is 7.12. The number of rotatable bonds is 9. The highest BCUT2D eigenvalue weighted by atomic mass is 32.1. The molecule has 4 rings (SSSR count). The summed E-state index contributed by atoms with van der Waals surface area (Å²) in [7, 11) is 2.14. The minimum absolute atomic E-state index is 0.141. The van der Waals surface area contributed by atoms with Gasteiger partial charge in [0, 0.05) is 38.1 Å². The minimum Gasteiger partial charge on any atom is -0.369 e. The topological polar surface area (TPSA) is 64.6 Å². The van der Waals surface area contributed by atoms with E-state index in [-0.39, 0.29) is 5.91 Å². The number of benzene rings is 1. The van der Waals surface area contributed by atoms with Crippen LogP contribution in [0.2, 0.25) is 0 Å². The van der Waals surface area contributed by atoms with Gasteiger partial charge in [-0.3, -0.25) is 9.69 Å². The smallest absolute Gasteiger partial charge is 0.264 e. The summed E-state index contributed by atoms with van der Waals surface area (Å²) >= 11 is 1.51. The van der Waals surface area contributed by atoms with E-state index < -0.39 is 0 Å². The van der Waals surface area contributed by atoms with Gasteiger partial charge in [0.25, 0.3) is 5.91 Å². The molecular formula is C24H32N6OS. The number of aromatic nitrogens is 2. The molecule has 0 saturated carbocycles. The van der Waals surface area contributed by atoms with Crippen molar-refractivity contribution in [1.29, 1.82) is 0 Å². The van der Waals surface area contributed by atoms with Crippen molar-refractivity contribution in [3.63, 3.8) is 0 Å². The van der Waals surface area contributed by atoms with Crippen LogP contribution in [0.15, 0.2) is 41.8 Å². The monoisotopic (exact) mass is 452 g/mol. The molecule has 3 aromatic rings. The third kappa shape index (κ3) is 5.62. The Bertz CT molecular complexity index is 1020. The average Bonchev–Trinajstić information content (AvgIpc) is 3.36. The van der Waals surface area contributed by atoms with Gasteiger partial charge in [-0.05, 0) is 50.1 Å². The molecule has 0 unspecified atom stereocenters. The summed E-state index contributed by atoms with van der Waals surface area (Å²) in [6.45, 7) is 9.02.